The van der Waals surface area contributed by atoms with Crippen LogP contribution in [0.3, 0.4) is 0 Å². The maximum absolute atomic E-state index is 12.1. The topological polar surface area (TPSA) is 66.4 Å². The van der Waals surface area contributed by atoms with Crippen LogP contribution < -0.4 is 5.32 Å². The van der Waals surface area contributed by atoms with E-state index in [0.717, 1.165) is 16.7 Å². The summed E-state index contributed by atoms with van der Waals surface area (Å²) in [7, 11) is 0. The van der Waals surface area contributed by atoms with E-state index in [2.05, 4.69) is 5.32 Å². The minimum Gasteiger partial charge on any atom is -0.481 e. The quantitative estimate of drug-likeness (QED) is 0.862. The largest absolute Gasteiger partial charge is 0.481 e. The highest BCUT2D eigenvalue weighted by molar-refractivity contribution is 7.07. The van der Waals surface area contributed by atoms with Crippen LogP contribution in [0.4, 0.5) is 0 Å². The van der Waals surface area contributed by atoms with Crippen LogP contribution in [0.5, 0.6) is 0 Å². The van der Waals surface area contributed by atoms with Gasteiger partial charge in [-0.2, -0.15) is 11.3 Å². The SMILES string of the molecule is Cc1ccccc1[C@@H](CC(=O)O)NC(=O)Cc1ccsc1. The van der Waals surface area contributed by atoms with Gasteiger partial charge in [0, 0.05) is 0 Å². The molecule has 0 aliphatic heterocycles. The van der Waals surface area contributed by atoms with Crippen molar-refractivity contribution in [3.63, 3.8) is 0 Å². The van der Waals surface area contributed by atoms with E-state index in [1.807, 2.05) is 48.0 Å². The molecule has 0 unspecified atom stereocenters. The summed E-state index contributed by atoms with van der Waals surface area (Å²) in [6.45, 7) is 1.91. The molecule has 0 aliphatic rings. The number of thiophene rings is 1. The monoisotopic (exact) mass is 303 g/mol. The van der Waals surface area contributed by atoms with Gasteiger partial charge in [-0.25, -0.2) is 0 Å². The normalized spacial score (nSPS) is 11.9. The zero-order chi connectivity index (χ0) is 15.2. The third-order valence-electron chi connectivity index (χ3n) is 3.22. The zero-order valence-electron chi connectivity index (χ0n) is 11.7. The Morgan fingerprint density at radius 1 is 1.29 bits per heavy atom. The Kier molecular flexibility index (Phi) is 5.11. The minimum absolute atomic E-state index is 0.125. The molecule has 1 heterocycles. The van der Waals surface area contributed by atoms with Gasteiger partial charge in [0.05, 0.1) is 18.9 Å². The van der Waals surface area contributed by atoms with Crippen molar-refractivity contribution in [2.75, 3.05) is 0 Å². The maximum Gasteiger partial charge on any atom is 0.305 e. The number of benzene rings is 1. The van der Waals surface area contributed by atoms with Crippen molar-refractivity contribution >= 4 is 23.2 Å². The molecule has 2 rings (SSSR count). The fourth-order valence-corrected chi connectivity index (χ4v) is 2.88. The molecule has 1 amide bonds. The third-order valence-corrected chi connectivity index (χ3v) is 3.95. The van der Waals surface area contributed by atoms with Gasteiger partial charge in [0.1, 0.15) is 0 Å². The lowest BCUT2D eigenvalue weighted by Gasteiger charge is -2.19. The van der Waals surface area contributed by atoms with Crippen molar-refractivity contribution in [2.45, 2.75) is 25.8 Å². The van der Waals surface area contributed by atoms with Crippen LogP contribution in [-0.4, -0.2) is 17.0 Å². The molecule has 4 nitrogen and oxygen atoms in total. The first-order valence-electron chi connectivity index (χ1n) is 6.64. The Morgan fingerprint density at radius 3 is 2.67 bits per heavy atom. The first-order chi connectivity index (χ1) is 10.1. The molecule has 0 radical (unpaired) electrons. The van der Waals surface area contributed by atoms with Gasteiger partial charge in [-0.15, -0.1) is 0 Å². The smallest absolute Gasteiger partial charge is 0.305 e. The lowest BCUT2D eigenvalue weighted by molar-refractivity contribution is -0.137. The van der Waals surface area contributed by atoms with Crippen LogP contribution in [0, 0.1) is 6.92 Å². The fraction of sp³-hybridized carbons (Fsp3) is 0.250. The predicted molar refractivity (Wildman–Crippen MR) is 82.3 cm³/mol. The van der Waals surface area contributed by atoms with Crippen LogP contribution in [0.15, 0.2) is 41.1 Å². The van der Waals surface area contributed by atoms with Gasteiger partial charge in [-0.3, -0.25) is 9.59 Å². The molecule has 2 N–H and O–H groups in total. The van der Waals surface area contributed by atoms with Gasteiger partial charge >= 0.3 is 5.97 Å². The average molecular weight is 303 g/mol. The molecule has 0 saturated heterocycles. The highest BCUT2D eigenvalue weighted by atomic mass is 32.1. The molecule has 0 aliphatic carbocycles. The van der Waals surface area contributed by atoms with Crippen molar-refractivity contribution in [2.24, 2.45) is 0 Å². The minimum atomic E-state index is -0.931. The number of carboxylic acid groups (broad SMARTS) is 1. The summed E-state index contributed by atoms with van der Waals surface area (Å²) in [5.74, 6) is -1.10. The number of carboxylic acids is 1. The number of hydrogen-bond acceptors (Lipinski definition) is 3. The van der Waals surface area contributed by atoms with E-state index in [-0.39, 0.29) is 18.7 Å². The van der Waals surface area contributed by atoms with Gasteiger partial charge in [-0.05, 0) is 40.4 Å². The Labute approximate surface area is 127 Å². The van der Waals surface area contributed by atoms with E-state index in [1.165, 1.54) is 11.3 Å². The van der Waals surface area contributed by atoms with E-state index >= 15 is 0 Å². The molecule has 110 valence electrons. The van der Waals surface area contributed by atoms with Gasteiger partial charge in [-0.1, -0.05) is 24.3 Å². The van der Waals surface area contributed by atoms with Gasteiger partial charge < -0.3 is 10.4 Å². The number of carbonyl (C=O) groups excluding carboxylic acids is 1. The zero-order valence-corrected chi connectivity index (χ0v) is 12.5. The summed E-state index contributed by atoms with van der Waals surface area (Å²) in [5.41, 5.74) is 2.76. The summed E-state index contributed by atoms with van der Waals surface area (Å²) in [6.07, 6.45) is 0.145. The standard InChI is InChI=1S/C16H17NO3S/c1-11-4-2-3-5-13(11)14(9-16(19)20)17-15(18)8-12-6-7-21-10-12/h2-7,10,14H,8-9H2,1H3,(H,17,18)(H,19,20)/t14-/m1/s1. The van der Waals surface area contributed by atoms with E-state index < -0.39 is 12.0 Å². The Morgan fingerprint density at radius 2 is 2.05 bits per heavy atom. The fourth-order valence-electron chi connectivity index (χ4n) is 2.22. The molecule has 21 heavy (non-hydrogen) atoms. The molecule has 0 spiro atoms. The summed E-state index contributed by atoms with van der Waals surface area (Å²) in [6, 6.07) is 8.90. The van der Waals surface area contributed by atoms with E-state index in [4.69, 9.17) is 5.11 Å². The van der Waals surface area contributed by atoms with Crippen molar-refractivity contribution < 1.29 is 14.7 Å². The van der Waals surface area contributed by atoms with E-state index in [0.29, 0.717) is 0 Å². The molecule has 0 saturated carbocycles. The van der Waals surface area contributed by atoms with Gasteiger partial charge in [0.2, 0.25) is 5.91 Å². The number of hydrogen-bond donors (Lipinski definition) is 2. The molecule has 1 aromatic heterocycles. The number of carbonyl (C=O) groups is 2. The first-order valence-corrected chi connectivity index (χ1v) is 7.58. The highest BCUT2D eigenvalue weighted by Crippen LogP contribution is 2.21. The average Bonchev–Trinajstić information content (AvgIpc) is 2.90. The maximum atomic E-state index is 12.1. The second-order valence-electron chi connectivity index (χ2n) is 4.88. The van der Waals surface area contributed by atoms with E-state index in [1.54, 1.807) is 0 Å². The van der Waals surface area contributed by atoms with Crippen molar-refractivity contribution in [1.29, 1.82) is 0 Å². The molecule has 5 heteroatoms. The van der Waals surface area contributed by atoms with Crippen LogP contribution in [0.25, 0.3) is 0 Å². The van der Waals surface area contributed by atoms with Gasteiger partial charge in [0.15, 0.2) is 0 Å². The highest BCUT2D eigenvalue weighted by Gasteiger charge is 2.19. The summed E-state index contributed by atoms with van der Waals surface area (Å²) in [4.78, 5) is 23.1. The third kappa shape index (κ3) is 4.43. The lowest BCUT2D eigenvalue weighted by atomic mass is 9.98. The van der Waals surface area contributed by atoms with Crippen LogP contribution in [-0.2, 0) is 16.0 Å². The van der Waals surface area contributed by atoms with E-state index in [9.17, 15) is 9.59 Å². The second kappa shape index (κ2) is 7.04. The number of nitrogens with one attached hydrogen (secondary N) is 1. The summed E-state index contributed by atoms with van der Waals surface area (Å²) in [5, 5.41) is 15.7. The molecule has 1 aromatic carbocycles. The number of aryl methyl sites for hydroxylation is 1. The van der Waals surface area contributed by atoms with Crippen LogP contribution >= 0.6 is 11.3 Å². The molecule has 0 bridgehead atoms. The Hall–Kier alpha value is -2.14. The van der Waals surface area contributed by atoms with Crippen molar-refractivity contribution in [1.82, 2.24) is 5.32 Å². The number of aliphatic carboxylic acids is 1. The predicted octanol–water partition coefficient (Wildman–Crippen LogP) is 2.93. The first kappa shape index (κ1) is 15.3. The number of amides is 1. The lowest BCUT2D eigenvalue weighted by Crippen LogP contribution is -2.31. The van der Waals surface area contributed by atoms with Crippen LogP contribution in [0.1, 0.15) is 29.2 Å². The van der Waals surface area contributed by atoms with Crippen molar-refractivity contribution in [3.05, 3.63) is 57.8 Å². The van der Waals surface area contributed by atoms with Crippen molar-refractivity contribution in [3.8, 4) is 0 Å². The Bertz CT molecular complexity index is 622. The molecule has 2 aromatic rings. The molecular weight excluding hydrogens is 286 g/mol. The van der Waals surface area contributed by atoms with Gasteiger partial charge in [0.25, 0.3) is 0 Å². The molecule has 1 atom stereocenters. The molecular formula is C16H17NO3S. The second-order valence-corrected chi connectivity index (χ2v) is 5.66. The Balaban J connectivity index is 2.11. The molecule has 0 fully saturated rings. The summed E-state index contributed by atoms with van der Waals surface area (Å²) < 4.78 is 0. The van der Waals surface area contributed by atoms with Crippen LogP contribution in [0.2, 0.25) is 0 Å². The number of rotatable bonds is 6. The summed E-state index contributed by atoms with van der Waals surface area (Å²) >= 11 is 1.54.